The molecule has 3 rings (SSSR count). The van der Waals surface area contributed by atoms with Gasteiger partial charge >= 0.3 is 6.03 Å². The molecule has 1 aliphatic heterocycles. The van der Waals surface area contributed by atoms with Crippen LogP contribution in [0.15, 0.2) is 42.5 Å². The van der Waals surface area contributed by atoms with Crippen LogP contribution in [0.2, 0.25) is 5.02 Å². The number of imide groups is 1. The zero-order valence-corrected chi connectivity index (χ0v) is 16.4. The van der Waals surface area contributed by atoms with Gasteiger partial charge in [-0.15, -0.1) is 0 Å². The fourth-order valence-corrected chi connectivity index (χ4v) is 3.06. The number of halogens is 1. The van der Waals surface area contributed by atoms with Crippen LogP contribution in [-0.2, 0) is 10.3 Å². The lowest BCUT2D eigenvalue weighted by atomic mass is 9.92. The molecular weight excluding hydrogens is 382 g/mol. The molecule has 1 heterocycles. The summed E-state index contributed by atoms with van der Waals surface area (Å²) < 4.78 is 5.69. The maximum atomic E-state index is 12.8. The van der Waals surface area contributed by atoms with Gasteiger partial charge in [-0.1, -0.05) is 23.7 Å². The fraction of sp³-hybridized carbons (Fsp3) is 0.250. The first kappa shape index (κ1) is 19.7. The van der Waals surface area contributed by atoms with Crippen molar-refractivity contribution in [2.24, 2.45) is 0 Å². The maximum absolute atomic E-state index is 12.8. The van der Waals surface area contributed by atoms with Crippen LogP contribution in [0.5, 0.6) is 5.75 Å². The molecule has 0 aromatic heterocycles. The van der Waals surface area contributed by atoms with Crippen molar-refractivity contribution in [3.8, 4) is 5.75 Å². The predicted octanol–water partition coefficient (Wildman–Crippen LogP) is 3.43. The molecule has 7 nitrogen and oxygen atoms in total. The monoisotopic (exact) mass is 401 g/mol. The normalized spacial score (nSPS) is 18.6. The number of hydrogen-bond acceptors (Lipinski definition) is 4. The standard InChI is InChI=1S/C20H20ClN3O4/c1-11(2)28-16-8-7-13(21)10-15(16)17(25)22-14-6-4-5-12(9-14)20(3)18(26)23-19(27)24-20/h4-11H,1-3H3,(H,22,25)(H2,23,24,26,27). The molecule has 3 N–H and O–H groups in total. The summed E-state index contributed by atoms with van der Waals surface area (Å²) in [6, 6.07) is 11.0. The lowest BCUT2D eigenvalue weighted by molar-refractivity contribution is -0.123. The van der Waals surface area contributed by atoms with Gasteiger partial charge in [-0.3, -0.25) is 14.9 Å². The number of urea groups is 1. The summed E-state index contributed by atoms with van der Waals surface area (Å²) in [6.45, 7) is 5.32. The molecule has 28 heavy (non-hydrogen) atoms. The number of ether oxygens (including phenoxy) is 1. The van der Waals surface area contributed by atoms with Crippen LogP contribution in [0.25, 0.3) is 0 Å². The van der Waals surface area contributed by atoms with Crippen molar-refractivity contribution >= 4 is 35.1 Å². The van der Waals surface area contributed by atoms with Gasteiger partial charge in [0.15, 0.2) is 0 Å². The van der Waals surface area contributed by atoms with Gasteiger partial charge in [0.1, 0.15) is 11.3 Å². The highest BCUT2D eigenvalue weighted by Gasteiger charge is 2.43. The second-order valence-electron chi connectivity index (χ2n) is 6.88. The molecule has 1 saturated heterocycles. The molecule has 146 valence electrons. The van der Waals surface area contributed by atoms with Gasteiger partial charge in [0.2, 0.25) is 0 Å². The Hall–Kier alpha value is -3.06. The molecule has 2 aromatic rings. The van der Waals surface area contributed by atoms with Crippen molar-refractivity contribution in [2.75, 3.05) is 5.32 Å². The third kappa shape index (κ3) is 3.94. The van der Waals surface area contributed by atoms with E-state index in [1.165, 1.54) is 6.07 Å². The molecule has 8 heteroatoms. The van der Waals surface area contributed by atoms with Crippen molar-refractivity contribution in [1.29, 1.82) is 0 Å². The molecular formula is C20H20ClN3O4. The molecule has 1 unspecified atom stereocenters. The number of carbonyl (C=O) groups is 3. The SMILES string of the molecule is CC(C)Oc1ccc(Cl)cc1C(=O)Nc1cccc(C2(C)NC(=O)NC2=O)c1. The topological polar surface area (TPSA) is 96.5 Å². The van der Waals surface area contributed by atoms with E-state index in [2.05, 4.69) is 16.0 Å². The number of anilines is 1. The van der Waals surface area contributed by atoms with Crippen LogP contribution in [0.1, 0.15) is 36.7 Å². The highest BCUT2D eigenvalue weighted by molar-refractivity contribution is 6.31. The van der Waals surface area contributed by atoms with Crippen LogP contribution >= 0.6 is 11.6 Å². The van der Waals surface area contributed by atoms with Crippen molar-refractivity contribution < 1.29 is 19.1 Å². The third-order valence-corrected chi connectivity index (χ3v) is 4.53. The van der Waals surface area contributed by atoms with Crippen LogP contribution < -0.4 is 20.7 Å². The van der Waals surface area contributed by atoms with Gasteiger partial charge < -0.3 is 15.4 Å². The van der Waals surface area contributed by atoms with E-state index < -0.39 is 23.4 Å². The van der Waals surface area contributed by atoms with Gasteiger partial charge in [0.25, 0.3) is 11.8 Å². The summed E-state index contributed by atoms with van der Waals surface area (Å²) in [5, 5.41) is 8.01. The number of hydrogen-bond donors (Lipinski definition) is 3. The van der Waals surface area contributed by atoms with Crippen molar-refractivity contribution in [2.45, 2.75) is 32.4 Å². The van der Waals surface area contributed by atoms with E-state index in [1.807, 2.05) is 13.8 Å². The Balaban J connectivity index is 1.87. The Morgan fingerprint density at radius 2 is 1.93 bits per heavy atom. The Kier molecular flexibility index (Phi) is 5.29. The van der Waals surface area contributed by atoms with Gasteiger partial charge in [-0.05, 0) is 56.7 Å². The minimum absolute atomic E-state index is 0.111. The Morgan fingerprint density at radius 3 is 2.57 bits per heavy atom. The first-order valence-corrected chi connectivity index (χ1v) is 9.08. The molecule has 0 aliphatic carbocycles. The maximum Gasteiger partial charge on any atom is 0.322 e. The summed E-state index contributed by atoms with van der Waals surface area (Å²) in [5.41, 5.74) is 0.0936. The zero-order valence-electron chi connectivity index (χ0n) is 15.6. The first-order chi connectivity index (χ1) is 13.2. The number of amides is 4. The minimum atomic E-state index is -1.21. The average molecular weight is 402 g/mol. The van der Waals surface area contributed by atoms with Crippen LogP contribution in [-0.4, -0.2) is 23.9 Å². The van der Waals surface area contributed by atoms with E-state index in [0.29, 0.717) is 27.6 Å². The number of carbonyl (C=O) groups excluding carboxylic acids is 3. The van der Waals surface area contributed by atoms with Gasteiger partial charge in [-0.2, -0.15) is 0 Å². The molecule has 1 fully saturated rings. The van der Waals surface area contributed by atoms with Crippen LogP contribution in [0.3, 0.4) is 0 Å². The van der Waals surface area contributed by atoms with E-state index in [0.717, 1.165) is 0 Å². The Morgan fingerprint density at radius 1 is 1.18 bits per heavy atom. The Labute approximate surface area is 167 Å². The zero-order chi connectivity index (χ0) is 20.5. The van der Waals surface area contributed by atoms with Crippen LogP contribution in [0.4, 0.5) is 10.5 Å². The van der Waals surface area contributed by atoms with Crippen LogP contribution in [0, 0.1) is 0 Å². The summed E-state index contributed by atoms with van der Waals surface area (Å²) in [4.78, 5) is 36.4. The van der Waals surface area contributed by atoms with Crippen molar-refractivity contribution in [3.05, 3.63) is 58.6 Å². The van der Waals surface area contributed by atoms with E-state index in [1.54, 1.807) is 43.3 Å². The quantitative estimate of drug-likeness (QED) is 0.668. The predicted molar refractivity (Wildman–Crippen MR) is 106 cm³/mol. The fourth-order valence-electron chi connectivity index (χ4n) is 2.89. The van der Waals surface area contributed by atoms with E-state index in [4.69, 9.17) is 16.3 Å². The lowest BCUT2D eigenvalue weighted by Crippen LogP contribution is -2.40. The average Bonchev–Trinajstić information content (AvgIpc) is 2.89. The highest BCUT2D eigenvalue weighted by atomic mass is 35.5. The van der Waals surface area contributed by atoms with E-state index >= 15 is 0 Å². The molecule has 0 radical (unpaired) electrons. The smallest absolute Gasteiger partial charge is 0.322 e. The number of benzene rings is 2. The third-order valence-electron chi connectivity index (χ3n) is 4.29. The molecule has 0 saturated carbocycles. The summed E-state index contributed by atoms with van der Waals surface area (Å²) in [5.74, 6) is -0.439. The van der Waals surface area contributed by atoms with E-state index in [9.17, 15) is 14.4 Å². The molecule has 4 amide bonds. The van der Waals surface area contributed by atoms with Crippen molar-refractivity contribution in [3.63, 3.8) is 0 Å². The molecule has 0 bridgehead atoms. The van der Waals surface area contributed by atoms with Gasteiger partial charge in [0.05, 0.1) is 11.7 Å². The highest BCUT2D eigenvalue weighted by Crippen LogP contribution is 2.28. The van der Waals surface area contributed by atoms with Gasteiger partial charge in [0, 0.05) is 10.7 Å². The molecule has 1 aliphatic rings. The number of rotatable bonds is 5. The summed E-state index contributed by atoms with van der Waals surface area (Å²) >= 11 is 6.04. The number of nitrogens with one attached hydrogen (secondary N) is 3. The summed E-state index contributed by atoms with van der Waals surface area (Å²) in [6.07, 6.45) is -0.111. The largest absolute Gasteiger partial charge is 0.490 e. The second-order valence-corrected chi connectivity index (χ2v) is 7.31. The summed E-state index contributed by atoms with van der Waals surface area (Å²) in [7, 11) is 0. The van der Waals surface area contributed by atoms with E-state index in [-0.39, 0.29) is 6.10 Å². The molecule has 2 aromatic carbocycles. The Bertz CT molecular complexity index is 960. The van der Waals surface area contributed by atoms with Gasteiger partial charge in [-0.25, -0.2) is 4.79 Å². The molecule has 1 atom stereocenters. The molecule has 0 spiro atoms. The first-order valence-electron chi connectivity index (χ1n) is 8.71. The lowest BCUT2D eigenvalue weighted by Gasteiger charge is -2.22. The second kappa shape index (κ2) is 7.52. The van der Waals surface area contributed by atoms with Crippen molar-refractivity contribution in [1.82, 2.24) is 10.6 Å². The minimum Gasteiger partial charge on any atom is -0.490 e.